The van der Waals surface area contributed by atoms with Crippen LogP contribution >= 0.6 is 31.9 Å². The average molecular weight is 480 g/mol. The smallest absolute Gasteiger partial charge is 0.351 e. The van der Waals surface area contributed by atoms with E-state index >= 15 is 0 Å². The largest absolute Gasteiger partial charge is 0.423 e. The molecule has 0 amide bonds. The lowest BCUT2D eigenvalue weighted by atomic mass is 9.87. The zero-order chi connectivity index (χ0) is 19.1. The van der Waals surface area contributed by atoms with E-state index in [1.807, 2.05) is 12.1 Å². The molecule has 6 heteroatoms. The summed E-state index contributed by atoms with van der Waals surface area (Å²) < 4.78 is 12.0. The number of ether oxygens (including phenoxy) is 1. The summed E-state index contributed by atoms with van der Waals surface area (Å²) in [5, 5.41) is 0.612. The fraction of sp³-hybridized carbons (Fsp3) is 0.200. The number of carbonyl (C=O) groups excluding carboxylic acids is 1. The molecular weight excluding hydrogens is 464 g/mol. The molecule has 26 heavy (non-hydrogen) atoms. The van der Waals surface area contributed by atoms with E-state index in [9.17, 15) is 9.59 Å². The van der Waals surface area contributed by atoms with Crippen LogP contribution in [0.25, 0.3) is 11.0 Å². The van der Waals surface area contributed by atoms with Gasteiger partial charge < -0.3 is 9.15 Å². The van der Waals surface area contributed by atoms with Crippen molar-refractivity contribution >= 4 is 48.8 Å². The van der Waals surface area contributed by atoms with Crippen LogP contribution in [0.4, 0.5) is 0 Å². The number of rotatable bonds is 2. The third-order valence-electron chi connectivity index (χ3n) is 3.90. The SMILES string of the molecule is CC(C)(C)c1ccc(OC(=O)c2cc3cc(Br)cc(Br)c3oc2=O)cc1. The number of benzene rings is 2. The number of halogens is 2. The van der Waals surface area contributed by atoms with Crippen molar-refractivity contribution in [1.29, 1.82) is 0 Å². The monoisotopic (exact) mass is 478 g/mol. The molecule has 0 spiro atoms. The fourth-order valence-electron chi connectivity index (χ4n) is 2.48. The molecular formula is C20H16Br2O4. The Balaban J connectivity index is 1.93. The van der Waals surface area contributed by atoms with E-state index in [4.69, 9.17) is 9.15 Å². The molecule has 0 saturated heterocycles. The third kappa shape index (κ3) is 3.91. The quantitative estimate of drug-likeness (QED) is 0.263. The normalized spacial score (nSPS) is 11.6. The van der Waals surface area contributed by atoms with Crippen molar-refractivity contribution in [3.05, 3.63) is 73.0 Å². The van der Waals surface area contributed by atoms with Crippen LogP contribution in [0.2, 0.25) is 0 Å². The zero-order valence-electron chi connectivity index (χ0n) is 14.4. The Morgan fingerprint density at radius 3 is 2.31 bits per heavy atom. The minimum absolute atomic E-state index is 0.00270. The zero-order valence-corrected chi connectivity index (χ0v) is 17.6. The molecule has 1 heterocycles. The van der Waals surface area contributed by atoms with E-state index < -0.39 is 11.6 Å². The van der Waals surface area contributed by atoms with Gasteiger partial charge in [0.05, 0.1) is 4.47 Å². The summed E-state index contributed by atoms with van der Waals surface area (Å²) in [5.41, 5.74) is 0.614. The molecule has 3 aromatic rings. The molecule has 0 fully saturated rings. The van der Waals surface area contributed by atoms with E-state index in [1.165, 1.54) is 6.07 Å². The van der Waals surface area contributed by atoms with Gasteiger partial charge in [-0.05, 0) is 57.2 Å². The van der Waals surface area contributed by atoms with Crippen molar-refractivity contribution < 1.29 is 13.9 Å². The second kappa shape index (κ2) is 7.00. The first-order valence-corrected chi connectivity index (χ1v) is 9.49. The fourth-order valence-corrected chi connectivity index (χ4v) is 3.82. The number of hydrogen-bond donors (Lipinski definition) is 0. The highest BCUT2D eigenvalue weighted by Gasteiger charge is 2.18. The molecule has 0 N–H and O–H groups in total. The summed E-state index contributed by atoms with van der Waals surface area (Å²) in [6, 6.07) is 12.2. The van der Waals surface area contributed by atoms with E-state index in [2.05, 4.69) is 52.6 Å². The highest BCUT2D eigenvalue weighted by Crippen LogP contribution is 2.28. The molecule has 3 rings (SSSR count). The molecule has 4 nitrogen and oxygen atoms in total. The Morgan fingerprint density at radius 1 is 1.04 bits per heavy atom. The van der Waals surface area contributed by atoms with E-state index in [1.54, 1.807) is 24.3 Å². The van der Waals surface area contributed by atoms with Crippen LogP contribution in [0.1, 0.15) is 36.7 Å². The number of hydrogen-bond acceptors (Lipinski definition) is 4. The molecule has 0 bridgehead atoms. The van der Waals surface area contributed by atoms with Gasteiger partial charge in [-0.1, -0.05) is 48.8 Å². The van der Waals surface area contributed by atoms with Crippen LogP contribution in [0.15, 0.2) is 60.6 Å². The predicted octanol–water partition coefficient (Wildman–Crippen LogP) is 5.83. The highest BCUT2D eigenvalue weighted by molar-refractivity contribution is 9.11. The van der Waals surface area contributed by atoms with Crippen molar-refractivity contribution in [2.24, 2.45) is 0 Å². The first-order valence-electron chi connectivity index (χ1n) is 7.91. The van der Waals surface area contributed by atoms with Gasteiger partial charge in [-0.25, -0.2) is 9.59 Å². The first kappa shape index (κ1) is 18.9. The van der Waals surface area contributed by atoms with Crippen LogP contribution in [-0.2, 0) is 5.41 Å². The van der Waals surface area contributed by atoms with Crippen molar-refractivity contribution in [1.82, 2.24) is 0 Å². The van der Waals surface area contributed by atoms with Gasteiger partial charge in [0.2, 0.25) is 0 Å². The van der Waals surface area contributed by atoms with Gasteiger partial charge in [0.25, 0.3) is 0 Å². The summed E-state index contributed by atoms with van der Waals surface area (Å²) in [4.78, 5) is 24.6. The van der Waals surface area contributed by atoms with Crippen LogP contribution < -0.4 is 10.4 Å². The van der Waals surface area contributed by atoms with Gasteiger partial charge >= 0.3 is 11.6 Å². The summed E-state index contributed by atoms with van der Waals surface area (Å²) in [7, 11) is 0. The topological polar surface area (TPSA) is 56.5 Å². The lowest BCUT2D eigenvalue weighted by molar-refractivity contribution is 0.0730. The van der Waals surface area contributed by atoms with Gasteiger partial charge in [-0.3, -0.25) is 0 Å². The Hall–Kier alpha value is -1.92. The van der Waals surface area contributed by atoms with Gasteiger partial charge in [0.1, 0.15) is 11.3 Å². The second-order valence-corrected chi connectivity index (χ2v) is 8.69. The van der Waals surface area contributed by atoms with Crippen molar-refractivity contribution in [3.8, 4) is 5.75 Å². The minimum Gasteiger partial charge on any atom is -0.423 e. The summed E-state index contributed by atoms with van der Waals surface area (Å²) in [6.07, 6.45) is 0. The van der Waals surface area contributed by atoms with Crippen LogP contribution in [-0.4, -0.2) is 5.97 Å². The van der Waals surface area contributed by atoms with Crippen LogP contribution in [0.3, 0.4) is 0 Å². The Bertz CT molecular complexity index is 1040. The number of esters is 1. The van der Waals surface area contributed by atoms with Crippen molar-refractivity contribution in [2.75, 3.05) is 0 Å². The number of fused-ring (bicyclic) bond motifs is 1. The molecule has 2 aromatic carbocycles. The van der Waals surface area contributed by atoms with Gasteiger partial charge in [-0.2, -0.15) is 0 Å². The highest BCUT2D eigenvalue weighted by atomic mass is 79.9. The first-order chi connectivity index (χ1) is 12.1. The molecule has 0 aliphatic carbocycles. The molecule has 0 aliphatic rings. The van der Waals surface area contributed by atoms with E-state index in [0.29, 0.717) is 21.2 Å². The third-order valence-corrected chi connectivity index (χ3v) is 4.95. The van der Waals surface area contributed by atoms with Crippen molar-refractivity contribution in [2.45, 2.75) is 26.2 Å². The molecule has 1 aromatic heterocycles. The standard InChI is InChI=1S/C20H16Br2O4/c1-20(2,3)12-4-6-14(7-5-12)25-18(23)15-9-11-8-13(21)10-16(22)17(11)26-19(15)24/h4-10H,1-3H3. The molecule has 134 valence electrons. The van der Waals surface area contributed by atoms with Crippen LogP contribution in [0.5, 0.6) is 5.75 Å². The summed E-state index contributed by atoms with van der Waals surface area (Å²) in [5.74, 6) is -0.377. The van der Waals surface area contributed by atoms with Gasteiger partial charge in [-0.15, -0.1) is 0 Å². The van der Waals surface area contributed by atoms with Gasteiger partial charge in [0.15, 0.2) is 5.58 Å². The molecule has 0 radical (unpaired) electrons. The lowest BCUT2D eigenvalue weighted by Gasteiger charge is -2.18. The molecule has 0 atom stereocenters. The Morgan fingerprint density at radius 2 is 1.69 bits per heavy atom. The van der Waals surface area contributed by atoms with E-state index in [0.717, 1.165) is 10.0 Å². The molecule has 0 unspecified atom stereocenters. The predicted molar refractivity (Wildman–Crippen MR) is 108 cm³/mol. The Labute approximate surface area is 167 Å². The second-order valence-electron chi connectivity index (χ2n) is 6.92. The maximum Gasteiger partial charge on any atom is 0.351 e. The average Bonchev–Trinajstić information content (AvgIpc) is 2.54. The Kier molecular flexibility index (Phi) is 5.08. The maximum atomic E-state index is 12.4. The minimum atomic E-state index is -0.750. The number of carbonyl (C=O) groups is 1. The van der Waals surface area contributed by atoms with Crippen LogP contribution in [0, 0.1) is 0 Å². The summed E-state index contributed by atoms with van der Waals surface area (Å²) >= 11 is 6.71. The summed E-state index contributed by atoms with van der Waals surface area (Å²) in [6.45, 7) is 6.31. The molecule has 0 saturated carbocycles. The van der Waals surface area contributed by atoms with Crippen molar-refractivity contribution in [3.63, 3.8) is 0 Å². The molecule has 0 aliphatic heterocycles. The van der Waals surface area contributed by atoms with E-state index in [-0.39, 0.29) is 11.0 Å². The maximum absolute atomic E-state index is 12.4. The van der Waals surface area contributed by atoms with Gasteiger partial charge in [0, 0.05) is 9.86 Å². The lowest BCUT2D eigenvalue weighted by Crippen LogP contribution is -2.19.